The minimum Gasteiger partial charge on any atom is -0.198 e. The second-order valence-electron chi connectivity index (χ2n) is 6.33. The summed E-state index contributed by atoms with van der Waals surface area (Å²) in [6.07, 6.45) is 25.4. The number of imidazole rings is 4. The molecule has 0 atom stereocenters. The highest BCUT2D eigenvalue weighted by molar-refractivity contribution is 4.73. The molecule has 0 saturated carbocycles. The molecule has 120 valence electrons. The molecule has 0 saturated heterocycles. The molecule has 0 N–H and O–H groups in total. The predicted octanol–water partition coefficient (Wildman–Crippen LogP) is -1.62. The van der Waals surface area contributed by atoms with Crippen molar-refractivity contribution >= 4 is 0 Å². The van der Waals surface area contributed by atoms with Gasteiger partial charge in [0.2, 0.25) is 52.0 Å². The van der Waals surface area contributed by atoms with Crippen LogP contribution in [0.1, 0.15) is 0 Å². The molecule has 0 amide bonds. The maximum atomic E-state index is 2.18. The minimum absolute atomic E-state index is 0.803. The zero-order chi connectivity index (χ0) is 15.9. The van der Waals surface area contributed by atoms with Crippen LogP contribution in [0.25, 0.3) is 0 Å². The quantitative estimate of drug-likeness (QED) is 0.307. The Bertz CT molecular complexity index is 758. The summed E-state index contributed by atoms with van der Waals surface area (Å²) in [4.78, 5) is 0. The molecule has 5 rings (SSSR count). The van der Waals surface area contributed by atoms with E-state index in [2.05, 4.69) is 111 Å². The van der Waals surface area contributed by atoms with E-state index in [4.69, 9.17) is 0 Å². The van der Waals surface area contributed by atoms with Gasteiger partial charge in [-0.05, 0) is 0 Å². The molecule has 24 heavy (non-hydrogen) atoms. The fraction of sp³-hybridized carbons (Fsp3) is 0.250. The molecule has 1 aliphatic heterocycles. The van der Waals surface area contributed by atoms with E-state index in [9.17, 15) is 0 Å². The van der Waals surface area contributed by atoms with Gasteiger partial charge < -0.3 is 0 Å². The number of nitrogens with zero attached hydrogens (tertiary/aromatic N) is 8. The van der Waals surface area contributed by atoms with Crippen LogP contribution in [0.15, 0.2) is 74.9 Å². The van der Waals surface area contributed by atoms with E-state index < -0.39 is 0 Å². The van der Waals surface area contributed by atoms with Gasteiger partial charge in [0.05, 0.1) is 0 Å². The zero-order valence-electron chi connectivity index (χ0n) is 13.3. The van der Waals surface area contributed by atoms with Crippen LogP contribution < -0.4 is 18.3 Å². The molecule has 0 aromatic carbocycles. The van der Waals surface area contributed by atoms with E-state index in [1.54, 1.807) is 0 Å². The normalized spacial score (nSPS) is 14.0. The number of fused-ring (bicyclic) bond motifs is 8. The Morgan fingerprint density at radius 3 is 1.46 bits per heavy atom. The van der Waals surface area contributed by atoms with Crippen LogP contribution in [0.4, 0.5) is 0 Å². The summed E-state index contributed by atoms with van der Waals surface area (Å²) in [5, 5.41) is 0. The van der Waals surface area contributed by atoms with Gasteiger partial charge in [-0.25, -0.2) is 0 Å². The van der Waals surface area contributed by atoms with Crippen molar-refractivity contribution in [1.82, 2.24) is 18.3 Å². The first-order valence-electron chi connectivity index (χ1n) is 7.99. The van der Waals surface area contributed by atoms with Gasteiger partial charge in [0.1, 0.15) is 49.6 Å². The van der Waals surface area contributed by atoms with Gasteiger partial charge in [-0.3, -0.25) is 0 Å². The number of rotatable bonds is 0. The fourth-order valence-corrected chi connectivity index (χ4v) is 3.18. The number of aromatic nitrogens is 8. The highest BCUT2D eigenvalue weighted by atomic mass is 15.3. The fourth-order valence-electron chi connectivity index (χ4n) is 3.18. The molecular formula is C16H20N8+4. The molecule has 8 nitrogen and oxygen atoms in total. The van der Waals surface area contributed by atoms with Crippen molar-refractivity contribution in [2.24, 2.45) is 0 Å². The van der Waals surface area contributed by atoms with Crippen molar-refractivity contribution in [3.05, 3.63) is 74.9 Å². The molecule has 0 spiro atoms. The highest BCUT2D eigenvalue weighted by Gasteiger charge is 2.15. The summed E-state index contributed by atoms with van der Waals surface area (Å²) >= 11 is 0. The summed E-state index contributed by atoms with van der Waals surface area (Å²) in [6.45, 7) is 3.21. The lowest BCUT2D eigenvalue weighted by Crippen LogP contribution is -2.50. The largest absolute Gasteiger partial charge is 0.250 e. The van der Waals surface area contributed by atoms with Crippen LogP contribution in [0.3, 0.4) is 0 Å². The van der Waals surface area contributed by atoms with Crippen LogP contribution in [0.2, 0.25) is 0 Å². The number of hydrogen-bond donors (Lipinski definition) is 0. The Labute approximate surface area is 138 Å². The third-order valence-corrected chi connectivity index (χ3v) is 4.29. The lowest BCUT2D eigenvalue weighted by Gasteiger charge is -1.95. The van der Waals surface area contributed by atoms with Gasteiger partial charge in [0.25, 0.3) is 0 Å². The molecular weight excluding hydrogens is 304 g/mol. The van der Waals surface area contributed by atoms with E-state index in [-0.39, 0.29) is 0 Å². The minimum atomic E-state index is 0.803. The van der Waals surface area contributed by atoms with Gasteiger partial charge in [-0.15, -0.1) is 0 Å². The molecule has 8 bridgehead atoms. The van der Waals surface area contributed by atoms with E-state index in [0.29, 0.717) is 0 Å². The first-order chi connectivity index (χ1) is 11.8. The van der Waals surface area contributed by atoms with Gasteiger partial charge in [-0.1, -0.05) is 0 Å². The van der Waals surface area contributed by atoms with E-state index in [1.807, 2.05) is 0 Å². The second-order valence-corrected chi connectivity index (χ2v) is 6.33. The highest BCUT2D eigenvalue weighted by Crippen LogP contribution is 1.92. The van der Waals surface area contributed by atoms with Gasteiger partial charge in [-0.2, -0.15) is 36.5 Å². The third kappa shape index (κ3) is 2.51. The van der Waals surface area contributed by atoms with Crippen molar-refractivity contribution in [2.45, 2.75) is 26.7 Å². The average molecular weight is 324 g/mol. The maximum Gasteiger partial charge on any atom is 0.250 e. The van der Waals surface area contributed by atoms with Gasteiger partial charge in [0.15, 0.2) is 0 Å². The predicted molar refractivity (Wildman–Crippen MR) is 80.1 cm³/mol. The Balaban J connectivity index is 1.54. The lowest BCUT2D eigenvalue weighted by molar-refractivity contribution is -0.913. The van der Waals surface area contributed by atoms with Crippen molar-refractivity contribution in [1.29, 1.82) is 0 Å². The SMILES string of the molecule is c1c[n+]2cn1Cn1cc[n+](c1)Cn1cc[n+](c1)C[n+]1ccn(c1)C2. The third-order valence-electron chi connectivity index (χ3n) is 4.29. The maximum absolute atomic E-state index is 2.18. The summed E-state index contributed by atoms with van der Waals surface area (Å²) in [6, 6.07) is 0. The summed E-state index contributed by atoms with van der Waals surface area (Å²) in [5.74, 6) is 0. The number of hydrogen-bond acceptors (Lipinski definition) is 0. The lowest BCUT2D eigenvalue weighted by atomic mass is 10.8. The smallest absolute Gasteiger partial charge is 0.198 e. The molecule has 0 radical (unpaired) electrons. The Morgan fingerprint density at radius 1 is 0.500 bits per heavy atom. The molecule has 8 heteroatoms. The molecule has 1 aliphatic rings. The zero-order valence-corrected chi connectivity index (χ0v) is 13.3. The summed E-state index contributed by atoms with van der Waals surface area (Å²) in [5.41, 5.74) is 0. The van der Waals surface area contributed by atoms with Gasteiger partial charge >= 0.3 is 0 Å². The van der Waals surface area contributed by atoms with Gasteiger partial charge in [0, 0.05) is 0 Å². The van der Waals surface area contributed by atoms with Crippen LogP contribution >= 0.6 is 0 Å². The Morgan fingerprint density at radius 2 is 0.917 bits per heavy atom. The molecule has 0 aliphatic carbocycles. The van der Waals surface area contributed by atoms with Crippen LogP contribution in [0.5, 0.6) is 0 Å². The molecule has 0 unspecified atom stereocenters. The molecule has 5 heterocycles. The molecule has 0 fully saturated rings. The first kappa shape index (κ1) is 13.3. The van der Waals surface area contributed by atoms with Crippen molar-refractivity contribution < 1.29 is 18.3 Å². The first-order valence-corrected chi connectivity index (χ1v) is 7.99. The molecule has 4 aromatic heterocycles. The second kappa shape index (κ2) is 5.19. The van der Waals surface area contributed by atoms with E-state index in [1.165, 1.54) is 0 Å². The average Bonchev–Trinajstić information content (AvgIpc) is 3.32. The van der Waals surface area contributed by atoms with Crippen LogP contribution in [0, 0.1) is 0 Å². The van der Waals surface area contributed by atoms with Crippen LogP contribution in [-0.4, -0.2) is 18.3 Å². The monoisotopic (exact) mass is 324 g/mol. The van der Waals surface area contributed by atoms with Crippen LogP contribution in [-0.2, 0) is 26.7 Å². The van der Waals surface area contributed by atoms with E-state index in [0.717, 1.165) is 26.7 Å². The summed E-state index contributed by atoms with van der Waals surface area (Å²) in [7, 11) is 0. The standard InChI is InChI=1S/C16H20N8/c1-2-18-9-17(1)13-19-3-4-21(10-19)15-23-7-8-24(12-23)16-22-6-5-20(11-22)14-18/h1-12H,13-16H2/q+4. The Hall–Kier alpha value is -3.16. The Kier molecular flexibility index (Phi) is 2.87. The van der Waals surface area contributed by atoms with Crippen molar-refractivity contribution in [2.75, 3.05) is 0 Å². The van der Waals surface area contributed by atoms with Crippen molar-refractivity contribution in [3.8, 4) is 0 Å². The summed E-state index contributed by atoms with van der Waals surface area (Å²) < 4.78 is 17.4. The van der Waals surface area contributed by atoms with Crippen molar-refractivity contribution in [3.63, 3.8) is 0 Å². The van der Waals surface area contributed by atoms with E-state index >= 15 is 0 Å². The topological polar surface area (TPSA) is 35.2 Å². The molecule has 4 aromatic rings.